The average Bonchev–Trinajstić information content (AvgIpc) is 3.08. The van der Waals surface area contributed by atoms with Crippen LogP contribution in [0.3, 0.4) is 0 Å². The van der Waals surface area contributed by atoms with Gasteiger partial charge in [-0.2, -0.15) is 0 Å². The van der Waals surface area contributed by atoms with Crippen LogP contribution in [0.25, 0.3) is 0 Å². The van der Waals surface area contributed by atoms with Crippen molar-refractivity contribution in [3.8, 4) is 0 Å². The summed E-state index contributed by atoms with van der Waals surface area (Å²) < 4.78 is 0. The Morgan fingerprint density at radius 2 is 1.91 bits per heavy atom. The summed E-state index contributed by atoms with van der Waals surface area (Å²) in [4.78, 5) is 25.8. The molecule has 0 saturated carbocycles. The third-order valence-electron chi connectivity index (χ3n) is 6.60. The number of carbonyl (C=O) groups excluding carboxylic acids is 1. The van der Waals surface area contributed by atoms with Gasteiger partial charge in [-0.25, -0.2) is 9.97 Å². The second-order valence-electron chi connectivity index (χ2n) is 9.27. The molecule has 2 aliphatic rings. The van der Waals surface area contributed by atoms with Crippen molar-refractivity contribution in [1.29, 1.82) is 0 Å². The number of hydrogen-bond donors (Lipinski definition) is 2. The molecule has 2 unspecified atom stereocenters. The minimum atomic E-state index is -0.518. The van der Waals surface area contributed by atoms with Crippen molar-refractivity contribution >= 4 is 35.3 Å². The van der Waals surface area contributed by atoms with E-state index in [9.17, 15) is 9.90 Å². The molecule has 178 valence electrons. The molecule has 33 heavy (non-hydrogen) atoms. The molecule has 0 amide bonds. The number of anilines is 1. The number of carbonyl (C=O) groups is 1. The Balaban J connectivity index is 1.55. The zero-order chi connectivity index (χ0) is 23.7. The van der Waals surface area contributed by atoms with Crippen molar-refractivity contribution in [3.05, 3.63) is 51.4 Å². The Morgan fingerprint density at radius 3 is 2.55 bits per heavy atom. The Morgan fingerprint density at radius 1 is 1.18 bits per heavy atom. The number of nitrogens with one attached hydrogen (secondary N) is 1. The van der Waals surface area contributed by atoms with Crippen molar-refractivity contribution in [1.82, 2.24) is 20.2 Å². The van der Waals surface area contributed by atoms with Crippen LogP contribution in [-0.4, -0.2) is 64.6 Å². The molecule has 2 heterocycles. The van der Waals surface area contributed by atoms with Crippen LogP contribution in [0, 0.1) is 0 Å². The summed E-state index contributed by atoms with van der Waals surface area (Å²) in [6.45, 7) is 9.32. The zero-order valence-electron chi connectivity index (χ0n) is 19.2. The first kappa shape index (κ1) is 24.4. The lowest BCUT2D eigenvalue weighted by Gasteiger charge is -2.43. The highest BCUT2D eigenvalue weighted by atomic mass is 35.5. The van der Waals surface area contributed by atoms with Gasteiger partial charge in [-0.1, -0.05) is 36.2 Å². The molecular formula is C24H31Cl2N5O2. The van der Waals surface area contributed by atoms with E-state index in [-0.39, 0.29) is 18.1 Å². The van der Waals surface area contributed by atoms with E-state index in [0.717, 1.165) is 55.1 Å². The first-order valence-electron chi connectivity index (χ1n) is 11.5. The van der Waals surface area contributed by atoms with Crippen LogP contribution in [-0.2, 0) is 4.79 Å². The minimum Gasteiger partial charge on any atom is -0.387 e. The topological polar surface area (TPSA) is 81.6 Å². The molecule has 1 fully saturated rings. The van der Waals surface area contributed by atoms with Gasteiger partial charge in [-0.3, -0.25) is 10.2 Å². The SMILES string of the molecule is CC(C)NC(C(C=O)c1ccc(Cl)cc1Cl)N1CCN(c2ncnc3c2[C@H](C)C[C@H]3O)CC1. The van der Waals surface area contributed by atoms with Crippen LogP contribution in [0.5, 0.6) is 0 Å². The van der Waals surface area contributed by atoms with Gasteiger partial charge in [0, 0.05) is 47.8 Å². The predicted octanol–water partition coefficient (Wildman–Crippen LogP) is 3.75. The number of benzene rings is 1. The van der Waals surface area contributed by atoms with Gasteiger partial charge in [0.25, 0.3) is 0 Å². The van der Waals surface area contributed by atoms with Crippen LogP contribution in [0.2, 0.25) is 10.0 Å². The Hall–Kier alpha value is -1.77. The van der Waals surface area contributed by atoms with Gasteiger partial charge in [-0.05, 0) is 43.9 Å². The van der Waals surface area contributed by atoms with Crippen LogP contribution in [0.15, 0.2) is 24.5 Å². The summed E-state index contributed by atoms with van der Waals surface area (Å²) in [5.41, 5.74) is 2.59. The quantitative estimate of drug-likeness (QED) is 0.570. The van der Waals surface area contributed by atoms with Gasteiger partial charge in [0.05, 0.1) is 23.9 Å². The molecular weight excluding hydrogens is 461 g/mol. The summed E-state index contributed by atoms with van der Waals surface area (Å²) in [5, 5.41) is 15.0. The summed E-state index contributed by atoms with van der Waals surface area (Å²) in [6.07, 6.45) is 2.50. The van der Waals surface area contributed by atoms with Crippen molar-refractivity contribution < 1.29 is 9.90 Å². The molecule has 7 nitrogen and oxygen atoms in total. The number of aliphatic hydroxyl groups excluding tert-OH is 1. The van der Waals surface area contributed by atoms with Crippen molar-refractivity contribution in [2.45, 2.75) is 57.3 Å². The molecule has 9 heteroatoms. The smallest absolute Gasteiger partial charge is 0.135 e. The van der Waals surface area contributed by atoms with E-state index in [1.165, 1.54) is 0 Å². The fraction of sp³-hybridized carbons (Fsp3) is 0.542. The van der Waals surface area contributed by atoms with Crippen LogP contribution in [0.1, 0.15) is 62.0 Å². The number of fused-ring (bicyclic) bond motifs is 1. The van der Waals surface area contributed by atoms with E-state index >= 15 is 0 Å². The molecule has 1 aromatic carbocycles. The van der Waals surface area contributed by atoms with Gasteiger partial charge in [0.15, 0.2) is 0 Å². The second-order valence-corrected chi connectivity index (χ2v) is 10.1. The summed E-state index contributed by atoms with van der Waals surface area (Å²) >= 11 is 12.6. The monoisotopic (exact) mass is 491 g/mol. The Kier molecular flexibility index (Phi) is 7.56. The Labute approximate surface area is 205 Å². The standard InChI is InChI=1S/C24H31Cl2N5O2/c1-14(2)29-23(18(12-32)17-5-4-16(25)11-19(17)26)30-6-8-31(9-7-30)24-21-15(3)10-20(33)22(21)27-13-28-24/h4-5,11-15,18,20,23,29,33H,6-10H2,1-3H3/t15-,18?,20-,23?/m1/s1. The zero-order valence-corrected chi connectivity index (χ0v) is 20.7. The number of aldehydes is 1. The highest BCUT2D eigenvalue weighted by Crippen LogP contribution is 2.43. The number of piperazine rings is 1. The van der Waals surface area contributed by atoms with Crippen LogP contribution < -0.4 is 10.2 Å². The highest BCUT2D eigenvalue weighted by Gasteiger charge is 2.36. The maximum absolute atomic E-state index is 12.3. The lowest BCUT2D eigenvalue weighted by molar-refractivity contribution is -0.111. The van der Waals surface area contributed by atoms with Gasteiger partial charge < -0.3 is 14.8 Å². The van der Waals surface area contributed by atoms with Crippen molar-refractivity contribution in [3.63, 3.8) is 0 Å². The van der Waals surface area contributed by atoms with Crippen LogP contribution >= 0.6 is 23.2 Å². The molecule has 0 spiro atoms. The van der Waals surface area contributed by atoms with Gasteiger partial charge in [0.2, 0.25) is 0 Å². The molecule has 0 radical (unpaired) electrons. The highest BCUT2D eigenvalue weighted by molar-refractivity contribution is 6.35. The lowest BCUT2D eigenvalue weighted by atomic mass is 9.95. The van der Waals surface area contributed by atoms with Gasteiger partial charge in [0.1, 0.15) is 18.4 Å². The van der Waals surface area contributed by atoms with E-state index in [0.29, 0.717) is 16.5 Å². The van der Waals surface area contributed by atoms with E-state index in [1.54, 1.807) is 18.5 Å². The fourth-order valence-electron chi connectivity index (χ4n) is 5.03. The maximum atomic E-state index is 12.3. The third kappa shape index (κ3) is 5.03. The largest absolute Gasteiger partial charge is 0.387 e. The van der Waals surface area contributed by atoms with E-state index in [2.05, 4.69) is 45.9 Å². The lowest BCUT2D eigenvalue weighted by Crippen LogP contribution is -2.58. The third-order valence-corrected chi connectivity index (χ3v) is 7.16. The number of hydrogen-bond acceptors (Lipinski definition) is 7. The number of rotatable bonds is 7. The van der Waals surface area contributed by atoms with Gasteiger partial charge in [-0.15, -0.1) is 0 Å². The predicted molar refractivity (Wildman–Crippen MR) is 131 cm³/mol. The number of aliphatic hydroxyl groups is 1. The molecule has 1 saturated heterocycles. The van der Waals surface area contributed by atoms with E-state index < -0.39 is 12.0 Å². The molecule has 4 atom stereocenters. The first-order chi connectivity index (χ1) is 15.8. The number of nitrogens with zero attached hydrogens (tertiary/aromatic N) is 4. The normalized spacial score (nSPS) is 22.9. The summed E-state index contributed by atoms with van der Waals surface area (Å²) in [6, 6.07) is 5.49. The molecule has 1 aromatic heterocycles. The first-order valence-corrected chi connectivity index (χ1v) is 12.2. The fourth-order valence-corrected chi connectivity index (χ4v) is 5.57. The van der Waals surface area contributed by atoms with E-state index in [4.69, 9.17) is 23.2 Å². The second kappa shape index (κ2) is 10.2. The molecule has 1 aliphatic carbocycles. The molecule has 2 aromatic rings. The van der Waals surface area contributed by atoms with Crippen molar-refractivity contribution in [2.75, 3.05) is 31.1 Å². The van der Waals surface area contributed by atoms with E-state index in [1.807, 2.05) is 6.07 Å². The minimum absolute atomic E-state index is 0.189. The number of aromatic nitrogens is 2. The molecule has 4 rings (SSSR count). The molecule has 2 N–H and O–H groups in total. The summed E-state index contributed by atoms with van der Waals surface area (Å²) in [7, 11) is 0. The van der Waals surface area contributed by atoms with Crippen LogP contribution in [0.4, 0.5) is 5.82 Å². The van der Waals surface area contributed by atoms with Gasteiger partial charge >= 0.3 is 0 Å². The Bertz CT molecular complexity index is 997. The molecule has 0 bridgehead atoms. The maximum Gasteiger partial charge on any atom is 0.135 e. The average molecular weight is 492 g/mol. The number of halogens is 2. The van der Waals surface area contributed by atoms with Crippen molar-refractivity contribution in [2.24, 2.45) is 0 Å². The summed E-state index contributed by atoms with van der Waals surface area (Å²) in [5.74, 6) is 0.720. The molecule has 1 aliphatic heterocycles.